The van der Waals surface area contributed by atoms with Crippen molar-refractivity contribution in [2.75, 3.05) is 17.4 Å². The van der Waals surface area contributed by atoms with Crippen LogP contribution in [0.15, 0.2) is 77.7 Å². The first kappa shape index (κ1) is 25.1. The molecule has 6 nitrogen and oxygen atoms in total. The number of nitrogens with one attached hydrogen (secondary N) is 1. The Labute approximate surface area is 211 Å². The van der Waals surface area contributed by atoms with Gasteiger partial charge in [-0.05, 0) is 59.4 Å². The zero-order chi connectivity index (χ0) is 25.2. The van der Waals surface area contributed by atoms with Gasteiger partial charge in [-0.3, -0.25) is 9.10 Å². The molecule has 1 heterocycles. The molecule has 0 bridgehead atoms. The van der Waals surface area contributed by atoms with Crippen LogP contribution in [-0.2, 0) is 26.7 Å². The number of amides is 1. The molecule has 1 aliphatic heterocycles. The third kappa shape index (κ3) is 5.63. The highest BCUT2D eigenvalue weighted by atomic mass is 35.5. The molecule has 4 rings (SSSR count). The van der Waals surface area contributed by atoms with Crippen molar-refractivity contribution in [3.63, 3.8) is 0 Å². The van der Waals surface area contributed by atoms with E-state index in [2.05, 4.69) is 26.1 Å². The third-order valence-corrected chi connectivity index (χ3v) is 7.99. The van der Waals surface area contributed by atoms with E-state index in [4.69, 9.17) is 16.3 Å². The summed E-state index contributed by atoms with van der Waals surface area (Å²) in [6.07, 6.45) is -0.362. The lowest BCUT2D eigenvalue weighted by atomic mass is 9.86. The fourth-order valence-corrected chi connectivity index (χ4v) is 5.51. The van der Waals surface area contributed by atoms with Crippen LogP contribution in [0.25, 0.3) is 0 Å². The summed E-state index contributed by atoms with van der Waals surface area (Å²) in [7, 11) is -3.91. The Balaban J connectivity index is 1.60. The normalized spacial score (nSPS) is 15.8. The number of nitrogens with zero attached hydrogens (tertiary/aromatic N) is 1. The smallest absolute Gasteiger partial charge is 0.264 e. The van der Waals surface area contributed by atoms with Crippen LogP contribution in [0.4, 0.5) is 5.69 Å². The molecule has 184 valence electrons. The van der Waals surface area contributed by atoms with Gasteiger partial charge < -0.3 is 10.1 Å². The zero-order valence-electron chi connectivity index (χ0n) is 20.0. The number of benzene rings is 3. The second kappa shape index (κ2) is 9.91. The number of carbonyl (C=O) groups excluding carboxylic acids is 1. The van der Waals surface area contributed by atoms with E-state index in [1.807, 2.05) is 24.3 Å². The van der Waals surface area contributed by atoms with E-state index in [9.17, 15) is 13.2 Å². The van der Waals surface area contributed by atoms with Crippen molar-refractivity contribution in [3.05, 3.63) is 88.9 Å². The second-order valence-electron chi connectivity index (χ2n) is 9.56. The predicted molar refractivity (Wildman–Crippen MR) is 139 cm³/mol. The lowest BCUT2D eigenvalue weighted by molar-refractivity contribution is -0.127. The monoisotopic (exact) mass is 512 g/mol. The average molecular weight is 513 g/mol. The van der Waals surface area contributed by atoms with Crippen molar-refractivity contribution in [2.45, 2.75) is 43.6 Å². The van der Waals surface area contributed by atoms with E-state index >= 15 is 0 Å². The molecule has 1 N–H and O–H groups in total. The molecule has 35 heavy (non-hydrogen) atoms. The molecule has 0 saturated carbocycles. The Morgan fingerprint density at radius 3 is 2.40 bits per heavy atom. The molecule has 3 aromatic rings. The SMILES string of the molecule is CC(C)(C)c1ccc2c(c1)N(S(=O)(=O)c1ccccc1)CC(C(=O)NCCc1ccc(Cl)cc1)O2. The Bertz CT molecular complexity index is 1300. The van der Waals surface area contributed by atoms with Gasteiger partial charge in [-0.15, -0.1) is 0 Å². The van der Waals surface area contributed by atoms with Gasteiger partial charge in [0.15, 0.2) is 6.10 Å². The van der Waals surface area contributed by atoms with Crippen LogP contribution in [0.5, 0.6) is 5.75 Å². The third-order valence-electron chi connectivity index (χ3n) is 5.94. The van der Waals surface area contributed by atoms with E-state index in [-0.39, 0.29) is 22.8 Å². The minimum atomic E-state index is -3.91. The van der Waals surface area contributed by atoms with Gasteiger partial charge in [0.2, 0.25) is 0 Å². The lowest BCUT2D eigenvalue weighted by Gasteiger charge is -2.36. The van der Waals surface area contributed by atoms with Gasteiger partial charge in [0.05, 0.1) is 17.1 Å². The molecule has 1 amide bonds. The van der Waals surface area contributed by atoms with Crippen LogP contribution in [0.3, 0.4) is 0 Å². The van der Waals surface area contributed by atoms with Gasteiger partial charge in [-0.25, -0.2) is 8.42 Å². The number of fused-ring (bicyclic) bond motifs is 1. The maximum atomic E-state index is 13.6. The molecule has 0 aliphatic carbocycles. The molecule has 1 unspecified atom stereocenters. The first-order chi connectivity index (χ1) is 16.6. The summed E-state index contributed by atoms with van der Waals surface area (Å²) in [5, 5.41) is 3.53. The van der Waals surface area contributed by atoms with Crippen LogP contribution < -0.4 is 14.4 Å². The van der Waals surface area contributed by atoms with E-state index in [0.717, 1.165) is 11.1 Å². The molecule has 0 aromatic heterocycles. The number of sulfonamides is 1. The zero-order valence-corrected chi connectivity index (χ0v) is 21.6. The van der Waals surface area contributed by atoms with E-state index in [1.165, 1.54) is 4.31 Å². The fraction of sp³-hybridized carbons (Fsp3) is 0.296. The molecule has 1 atom stereocenters. The Morgan fingerprint density at radius 2 is 1.74 bits per heavy atom. The van der Waals surface area contributed by atoms with Crippen LogP contribution in [0.1, 0.15) is 31.9 Å². The molecule has 8 heteroatoms. The molecule has 0 radical (unpaired) electrons. The van der Waals surface area contributed by atoms with Crippen molar-refractivity contribution >= 4 is 33.2 Å². The van der Waals surface area contributed by atoms with Crippen LogP contribution in [-0.4, -0.2) is 33.5 Å². The first-order valence-electron chi connectivity index (χ1n) is 11.5. The largest absolute Gasteiger partial charge is 0.476 e. The highest BCUT2D eigenvalue weighted by molar-refractivity contribution is 7.92. The number of hydrogen-bond donors (Lipinski definition) is 1. The van der Waals surface area contributed by atoms with Crippen molar-refractivity contribution in [1.82, 2.24) is 5.32 Å². The molecule has 3 aromatic carbocycles. The summed E-state index contributed by atoms with van der Waals surface area (Å²) in [6.45, 7) is 6.45. The lowest BCUT2D eigenvalue weighted by Crippen LogP contribution is -2.51. The summed E-state index contributed by atoms with van der Waals surface area (Å²) in [5.74, 6) is -0.000574. The minimum absolute atomic E-state index is 0.120. The highest BCUT2D eigenvalue weighted by Gasteiger charge is 2.38. The standard InChI is InChI=1S/C27H29ClN2O4S/c1-27(2,3)20-11-14-24-23(17-20)30(35(32,33)22-7-5-4-6-8-22)18-25(34-24)26(31)29-16-15-19-9-12-21(28)13-10-19/h4-14,17,25H,15-16,18H2,1-3H3,(H,29,31). The predicted octanol–water partition coefficient (Wildman–Crippen LogP) is 4.95. The van der Waals surface area contributed by atoms with Crippen LogP contribution >= 0.6 is 11.6 Å². The van der Waals surface area contributed by atoms with E-state index in [1.54, 1.807) is 48.5 Å². The Hall–Kier alpha value is -3.03. The summed E-state index contributed by atoms with van der Waals surface area (Å²) >= 11 is 5.93. The van der Waals surface area contributed by atoms with Crippen LogP contribution in [0.2, 0.25) is 5.02 Å². The first-order valence-corrected chi connectivity index (χ1v) is 13.3. The highest BCUT2D eigenvalue weighted by Crippen LogP contribution is 2.40. The molecule has 0 spiro atoms. The maximum absolute atomic E-state index is 13.6. The number of anilines is 1. The number of carbonyl (C=O) groups is 1. The molecule has 0 saturated heterocycles. The van der Waals surface area contributed by atoms with Gasteiger partial charge in [0.1, 0.15) is 5.75 Å². The minimum Gasteiger partial charge on any atom is -0.476 e. The van der Waals surface area contributed by atoms with Crippen LogP contribution in [0, 0.1) is 0 Å². The van der Waals surface area contributed by atoms with Crippen molar-refractivity contribution in [1.29, 1.82) is 0 Å². The number of ether oxygens (including phenoxy) is 1. The second-order valence-corrected chi connectivity index (χ2v) is 11.9. The van der Waals surface area contributed by atoms with Gasteiger partial charge in [-0.1, -0.05) is 68.8 Å². The van der Waals surface area contributed by atoms with Gasteiger partial charge >= 0.3 is 0 Å². The average Bonchev–Trinajstić information content (AvgIpc) is 2.84. The molecular formula is C27H29ClN2O4S. The van der Waals surface area contributed by atoms with Gasteiger partial charge in [0, 0.05) is 11.6 Å². The number of rotatable bonds is 6. The maximum Gasteiger partial charge on any atom is 0.264 e. The fourth-order valence-electron chi connectivity index (χ4n) is 3.90. The summed E-state index contributed by atoms with van der Waals surface area (Å²) in [5.41, 5.74) is 2.26. The van der Waals surface area contributed by atoms with E-state index < -0.39 is 16.1 Å². The molecule has 0 fully saturated rings. The quantitative estimate of drug-likeness (QED) is 0.507. The Kier molecular flexibility index (Phi) is 7.10. The summed E-state index contributed by atoms with van der Waals surface area (Å²) < 4.78 is 34.6. The molecule has 1 aliphatic rings. The number of hydrogen-bond acceptors (Lipinski definition) is 4. The number of halogens is 1. The summed E-state index contributed by atoms with van der Waals surface area (Å²) in [6, 6.07) is 21.1. The topological polar surface area (TPSA) is 75.7 Å². The molecular weight excluding hydrogens is 484 g/mol. The van der Waals surface area contributed by atoms with Gasteiger partial charge in [-0.2, -0.15) is 0 Å². The van der Waals surface area contributed by atoms with E-state index in [0.29, 0.717) is 29.4 Å². The Morgan fingerprint density at radius 1 is 1.06 bits per heavy atom. The van der Waals surface area contributed by atoms with Crippen molar-refractivity contribution in [2.24, 2.45) is 0 Å². The van der Waals surface area contributed by atoms with Gasteiger partial charge in [0.25, 0.3) is 15.9 Å². The summed E-state index contributed by atoms with van der Waals surface area (Å²) in [4.78, 5) is 13.2. The van der Waals surface area contributed by atoms with Crippen molar-refractivity contribution < 1.29 is 17.9 Å². The van der Waals surface area contributed by atoms with Crippen molar-refractivity contribution in [3.8, 4) is 5.75 Å².